The van der Waals surface area contributed by atoms with E-state index in [4.69, 9.17) is 0 Å². The molecule has 2 rings (SSSR count). The molecule has 0 bridgehead atoms. The maximum Gasteiger partial charge on any atom is 0.191 e. The molecule has 6 heteroatoms. The van der Waals surface area contributed by atoms with Gasteiger partial charge in [-0.1, -0.05) is 32.1 Å². The Bertz CT molecular complexity index is 461. The van der Waals surface area contributed by atoms with Crippen molar-refractivity contribution >= 4 is 5.96 Å². The van der Waals surface area contributed by atoms with Crippen LogP contribution >= 0.6 is 0 Å². The van der Waals surface area contributed by atoms with Gasteiger partial charge in [-0.25, -0.2) is 4.99 Å². The molecule has 1 aromatic heterocycles. The zero-order chi connectivity index (χ0) is 16.3. The molecular weight excluding hydrogens is 288 g/mol. The topological polar surface area (TPSA) is 67.1 Å². The van der Waals surface area contributed by atoms with E-state index in [1.807, 2.05) is 4.57 Å². The summed E-state index contributed by atoms with van der Waals surface area (Å²) in [6, 6.07) is 0. The van der Waals surface area contributed by atoms with Crippen molar-refractivity contribution in [3.05, 3.63) is 12.2 Å². The molecule has 1 fully saturated rings. The molecule has 0 spiro atoms. The van der Waals surface area contributed by atoms with E-state index in [0.29, 0.717) is 6.54 Å². The molecule has 0 amide bonds. The van der Waals surface area contributed by atoms with Crippen molar-refractivity contribution in [1.82, 2.24) is 25.4 Å². The third-order valence-electron chi connectivity index (χ3n) is 4.57. The lowest BCUT2D eigenvalue weighted by atomic mass is 9.86. The van der Waals surface area contributed by atoms with Gasteiger partial charge in [-0.05, 0) is 32.6 Å². The summed E-state index contributed by atoms with van der Waals surface area (Å²) >= 11 is 0. The smallest absolute Gasteiger partial charge is 0.191 e. The largest absolute Gasteiger partial charge is 0.357 e. The van der Waals surface area contributed by atoms with Gasteiger partial charge in [0.25, 0.3) is 0 Å². The highest BCUT2D eigenvalue weighted by Gasteiger charge is 2.12. The Morgan fingerprint density at radius 1 is 1.26 bits per heavy atom. The van der Waals surface area contributed by atoms with E-state index < -0.39 is 0 Å². The molecular formula is C17H32N6. The Kier molecular flexibility index (Phi) is 7.90. The van der Waals surface area contributed by atoms with Gasteiger partial charge in [-0.15, -0.1) is 10.2 Å². The van der Waals surface area contributed by atoms with Crippen LogP contribution in [0.3, 0.4) is 0 Å². The first-order chi connectivity index (χ1) is 11.3. The second-order valence-electron chi connectivity index (χ2n) is 6.30. The average molecular weight is 320 g/mol. The highest BCUT2D eigenvalue weighted by Crippen LogP contribution is 2.26. The van der Waals surface area contributed by atoms with E-state index in [2.05, 4.69) is 39.7 Å². The third kappa shape index (κ3) is 6.20. The Labute approximate surface area is 140 Å². The van der Waals surface area contributed by atoms with Gasteiger partial charge in [0.15, 0.2) is 11.8 Å². The van der Waals surface area contributed by atoms with Crippen molar-refractivity contribution in [3.8, 4) is 0 Å². The van der Waals surface area contributed by atoms with E-state index in [1.165, 1.54) is 44.9 Å². The number of hydrogen-bond donors (Lipinski definition) is 2. The number of guanidine groups is 1. The first kappa shape index (κ1) is 17.8. The lowest BCUT2D eigenvalue weighted by molar-refractivity contribution is 0.332. The van der Waals surface area contributed by atoms with E-state index in [1.54, 1.807) is 6.33 Å². The number of nitrogens with zero attached hydrogens (tertiary/aromatic N) is 4. The van der Waals surface area contributed by atoms with Crippen LogP contribution in [0.4, 0.5) is 0 Å². The van der Waals surface area contributed by atoms with Crippen molar-refractivity contribution in [3.63, 3.8) is 0 Å². The van der Waals surface area contributed by atoms with Gasteiger partial charge in [0, 0.05) is 19.6 Å². The minimum Gasteiger partial charge on any atom is -0.357 e. The summed E-state index contributed by atoms with van der Waals surface area (Å²) in [6.07, 6.45) is 11.5. The molecule has 2 N–H and O–H groups in total. The molecule has 1 aromatic rings. The van der Waals surface area contributed by atoms with Crippen LogP contribution < -0.4 is 10.6 Å². The average Bonchev–Trinajstić information content (AvgIpc) is 3.05. The molecule has 6 nitrogen and oxygen atoms in total. The fourth-order valence-corrected chi connectivity index (χ4v) is 3.23. The molecule has 1 aliphatic rings. The molecule has 0 aromatic carbocycles. The number of aromatic nitrogens is 3. The van der Waals surface area contributed by atoms with Gasteiger partial charge in [0.05, 0.1) is 0 Å². The van der Waals surface area contributed by atoms with E-state index >= 15 is 0 Å². The van der Waals surface area contributed by atoms with Crippen molar-refractivity contribution in [1.29, 1.82) is 0 Å². The van der Waals surface area contributed by atoms with Crippen LogP contribution in [-0.4, -0.2) is 33.8 Å². The first-order valence-electron chi connectivity index (χ1n) is 9.22. The number of hydrogen-bond acceptors (Lipinski definition) is 3. The summed E-state index contributed by atoms with van der Waals surface area (Å²) in [6.45, 7) is 7.48. The van der Waals surface area contributed by atoms with Gasteiger partial charge in [-0.2, -0.15) is 0 Å². The van der Waals surface area contributed by atoms with Gasteiger partial charge in [0.2, 0.25) is 0 Å². The minimum atomic E-state index is 0.561. The second kappa shape index (κ2) is 10.2. The van der Waals surface area contributed by atoms with Crippen LogP contribution in [0, 0.1) is 5.92 Å². The molecule has 1 aliphatic carbocycles. The van der Waals surface area contributed by atoms with Crippen LogP contribution in [0.25, 0.3) is 0 Å². The molecule has 0 aliphatic heterocycles. The quantitative estimate of drug-likeness (QED) is 0.439. The minimum absolute atomic E-state index is 0.561. The number of aryl methyl sites for hydroxylation is 1. The van der Waals surface area contributed by atoms with Gasteiger partial charge in [0.1, 0.15) is 12.9 Å². The third-order valence-corrected chi connectivity index (χ3v) is 4.57. The molecule has 1 heterocycles. The van der Waals surface area contributed by atoms with Crippen molar-refractivity contribution in [2.75, 3.05) is 13.1 Å². The Morgan fingerprint density at radius 3 is 2.83 bits per heavy atom. The predicted molar refractivity (Wildman–Crippen MR) is 94.3 cm³/mol. The van der Waals surface area contributed by atoms with Gasteiger partial charge < -0.3 is 15.2 Å². The molecule has 1 saturated carbocycles. The summed E-state index contributed by atoms with van der Waals surface area (Å²) < 4.78 is 2.02. The normalized spacial score (nSPS) is 16.5. The predicted octanol–water partition coefficient (Wildman–Crippen LogP) is 2.71. The van der Waals surface area contributed by atoms with Crippen molar-refractivity contribution in [2.24, 2.45) is 10.9 Å². The molecule has 0 saturated heterocycles. The Balaban J connectivity index is 1.73. The summed E-state index contributed by atoms with van der Waals surface area (Å²) in [4.78, 5) is 4.62. The fourth-order valence-electron chi connectivity index (χ4n) is 3.23. The Hall–Kier alpha value is -1.59. The van der Waals surface area contributed by atoms with E-state index in [0.717, 1.165) is 37.3 Å². The van der Waals surface area contributed by atoms with Crippen molar-refractivity contribution in [2.45, 2.75) is 71.9 Å². The SMILES string of the molecule is CCNC(=NCc1nncn1CC)NCCCC1CCCCC1. The highest BCUT2D eigenvalue weighted by atomic mass is 15.3. The summed E-state index contributed by atoms with van der Waals surface area (Å²) in [5.74, 6) is 2.74. The second-order valence-corrected chi connectivity index (χ2v) is 6.30. The maximum atomic E-state index is 4.62. The fraction of sp³-hybridized carbons (Fsp3) is 0.824. The lowest BCUT2D eigenvalue weighted by Gasteiger charge is -2.21. The number of nitrogens with one attached hydrogen (secondary N) is 2. The monoisotopic (exact) mass is 320 g/mol. The number of aliphatic imine (C=N–C) groups is 1. The molecule has 23 heavy (non-hydrogen) atoms. The summed E-state index contributed by atoms with van der Waals surface area (Å²) in [5, 5.41) is 14.8. The summed E-state index contributed by atoms with van der Waals surface area (Å²) in [7, 11) is 0. The molecule has 0 atom stereocenters. The lowest BCUT2D eigenvalue weighted by Crippen LogP contribution is -2.38. The van der Waals surface area contributed by atoms with Gasteiger partial charge >= 0.3 is 0 Å². The van der Waals surface area contributed by atoms with E-state index in [-0.39, 0.29) is 0 Å². The highest BCUT2D eigenvalue weighted by molar-refractivity contribution is 5.79. The van der Waals surface area contributed by atoms with Crippen molar-refractivity contribution < 1.29 is 0 Å². The van der Waals surface area contributed by atoms with Crippen LogP contribution in [0.15, 0.2) is 11.3 Å². The van der Waals surface area contributed by atoms with Gasteiger partial charge in [-0.3, -0.25) is 0 Å². The standard InChI is InChI=1S/C17H32N6/c1-3-18-17(20-13-16-22-21-14-23(16)4-2)19-12-8-11-15-9-6-5-7-10-15/h14-15H,3-13H2,1-2H3,(H2,18,19,20). The number of rotatable bonds is 8. The van der Waals surface area contributed by atoms with Crippen LogP contribution in [-0.2, 0) is 13.1 Å². The zero-order valence-electron chi connectivity index (χ0n) is 14.7. The Morgan fingerprint density at radius 2 is 2.09 bits per heavy atom. The first-order valence-corrected chi connectivity index (χ1v) is 9.22. The van der Waals surface area contributed by atoms with Crippen LogP contribution in [0.1, 0.15) is 64.6 Å². The van der Waals surface area contributed by atoms with Crippen LogP contribution in [0.5, 0.6) is 0 Å². The zero-order valence-corrected chi connectivity index (χ0v) is 14.7. The van der Waals surface area contributed by atoms with Crippen LogP contribution in [0.2, 0.25) is 0 Å². The molecule has 0 radical (unpaired) electrons. The molecule has 130 valence electrons. The molecule has 0 unspecified atom stereocenters. The summed E-state index contributed by atoms with van der Waals surface area (Å²) in [5.41, 5.74) is 0. The maximum absolute atomic E-state index is 4.62. The van der Waals surface area contributed by atoms with E-state index in [9.17, 15) is 0 Å².